The Morgan fingerprint density at radius 1 is 1.50 bits per heavy atom. The average Bonchev–Trinajstić information content (AvgIpc) is 2.89. The molecule has 6 nitrogen and oxygen atoms in total. The number of likely N-dealkylation sites (N-methyl/N-ethyl adjacent to an activating group) is 1. The molecule has 0 radical (unpaired) electrons. The lowest BCUT2D eigenvalue weighted by atomic mass is 10.2. The van der Waals surface area contributed by atoms with Crippen LogP contribution in [0.5, 0.6) is 0 Å². The Morgan fingerprint density at radius 2 is 2.30 bits per heavy atom. The van der Waals surface area contributed by atoms with E-state index in [-0.39, 0.29) is 11.9 Å². The fourth-order valence-corrected chi connectivity index (χ4v) is 2.83. The fraction of sp³-hybridized carbons (Fsp3) is 0.615. The molecular formula is C13H19N3O3S. The molecule has 1 aromatic heterocycles. The van der Waals surface area contributed by atoms with Gasteiger partial charge in [0, 0.05) is 31.9 Å². The number of hydrogen-bond acceptors (Lipinski definition) is 6. The molecule has 1 fully saturated rings. The molecule has 0 bridgehead atoms. The Hall–Kier alpha value is -1.63. The van der Waals surface area contributed by atoms with Gasteiger partial charge in [-0.25, -0.2) is 4.98 Å². The minimum Gasteiger partial charge on any atom is -0.466 e. The Bertz CT molecular complexity index is 489. The minimum atomic E-state index is -0.197. The number of esters is 1. The van der Waals surface area contributed by atoms with Crippen LogP contribution in [0.3, 0.4) is 0 Å². The van der Waals surface area contributed by atoms with E-state index in [1.165, 1.54) is 11.3 Å². The summed E-state index contributed by atoms with van der Waals surface area (Å²) in [6.07, 6.45) is 0.926. The van der Waals surface area contributed by atoms with E-state index in [0.717, 1.165) is 23.9 Å². The third-order valence-electron chi connectivity index (χ3n) is 3.16. The summed E-state index contributed by atoms with van der Waals surface area (Å²) in [5, 5.41) is 2.79. The number of thiazole rings is 1. The smallest absolute Gasteiger partial charge is 0.306 e. The van der Waals surface area contributed by atoms with Gasteiger partial charge in [0.05, 0.1) is 25.3 Å². The molecule has 1 amide bonds. The van der Waals surface area contributed by atoms with Crippen molar-refractivity contribution < 1.29 is 14.3 Å². The Kier molecular flexibility index (Phi) is 4.94. The van der Waals surface area contributed by atoms with Crippen molar-refractivity contribution in [1.29, 1.82) is 0 Å². The van der Waals surface area contributed by atoms with E-state index < -0.39 is 0 Å². The zero-order valence-corrected chi connectivity index (χ0v) is 12.6. The van der Waals surface area contributed by atoms with Crippen molar-refractivity contribution in [3.8, 4) is 0 Å². The van der Waals surface area contributed by atoms with Gasteiger partial charge in [0.2, 0.25) is 5.91 Å². The summed E-state index contributed by atoms with van der Waals surface area (Å²) in [5.74, 6) is -0.0867. The number of hydrogen-bond donors (Lipinski definition) is 0. The second-order valence-electron chi connectivity index (χ2n) is 4.66. The summed E-state index contributed by atoms with van der Waals surface area (Å²) in [6.45, 7) is 4.10. The number of rotatable bonds is 5. The van der Waals surface area contributed by atoms with E-state index in [1.807, 2.05) is 17.3 Å². The number of amides is 1. The van der Waals surface area contributed by atoms with Crippen LogP contribution < -0.4 is 4.90 Å². The number of carbonyl (C=O) groups excluding carboxylic acids is 2. The molecule has 110 valence electrons. The van der Waals surface area contributed by atoms with E-state index in [1.54, 1.807) is 11.8 Å². The molecule has 0 aliphatic carbocycles. The molecule has 0 saturated carbocycles. The van der Waals surface area contributed by atoms with E-state index in [0.29, 0.717) is 26.0 Å². The average molecular weight is 297 g/mol. The molecular weight excluding hydrogens is 278 g/mol. The topological polar surface area (TPSA) is 62.7 Å². The number of piperazine rings is 1. The van der Waals surface area contributed by atoms with Crippen LogP contribution >= 0.6 is 11.3 Å². The van der Waals surface area contributed by atoms with Gasteiger partial charge in [0.1, 0.15) is 0 Å². The van der Waals surface area contributed by atoms with E-state index >= 15 is 0 Å². The monoisotopic (exact) mass is 297 g/mol. The maximum Gasteiger partial charge on any atom is 0.306 e. The number of nitrogens with zero attached hydrogens (tertiary/aromatic N) is 3. The normalized spacial score (nSPS) is 15.6. The largest absolute Gasteiger partial charge is 0.466 e. The van der Waals surface area contributed by atoms with Crippen LogP contribution in [0.25, 0.3) is 0 Å². The number of aromatic nitrogens is 1. The van der Waals surface area contributed by atoms with Crippen LogP contribution in [0.15, 0.2) is 5.38 Å². The van der Waals surface area contributed by atoms with Crippen molar-refractivity contribution in [2.24, 2.45) is 0 Å². The number of aryl methyl sites for hydroxylation is 1. The molecule has 2 heterocycles. The molecule has 0 spiro atoms. The lowest BCUT2D eigenvalue weighted by Gasteiger charge is -2.31. The second kappa shape index (κ2) is 6.69. The van der Waals surface area contributed by atoms with Gasteiger partial charge in [-0.15, -0.1) is 11.3 Å². The molecule has 0 unspecified atom stereocenters. The van der Waals surface area contributed by atoms with Gasteiger partial charge < -0.3 is 14.5 Å². The van der Waals surface area contributed by atoms with E-state index in [2.05, 4.69) is 4.98 Å². The molecule has 0 aromatic carbocycles. The first-order valence-corrected chi connectivity index (χ1v) is 7.57. The molecule has 7 heteroatoms. The van der Waals surface area contributed by atoms with Crippen molar-refractivity contribution in [2.45, 2.75) is 19.8 Å². The zero-order chi connectivity index (χ0) is 14.5. The highest BCUT2D eigenvalue weighted by Crippen LogP contribution is 2.22. The first-order valence-electron chi connectivity index (χ1n) is 6.69. The summed E-state index contributed by atoms with van der Waals surface area (Å²) in [5.41, 5.74) is 0.879. The molecule has 0 N–H and O–H groups in total. The predicted octanol–water partition coefficient (Wildman–Crippen LogP) is 0.917. The molecule has 1 aliphatic rings. The Labute approximate surface area is 122 Å². The standard InChI is InChI=1S/C13H19N3O3S/c1-3-19-12(18)5-4-10-9-20-13(14-10)16-7-6-15(2)11(17)8-16/h9H,3-8H2,1-2H3. The predicted molar refractivity (Wildman–Crippen MR) is 76.9 cm³/mol. The van der Waals surface area contributed by atoms with Gasteiger partial charge >= 0.3 is 5.97 Å². The second-order valence-corrected chi connectivity index (χ2v) is 5.50. The summed E-state index contributed by atoms with van der Waals surface area (Å²) < 4.78 is 4.89. The number of anilines is 1. The molecule has 0 atom stereocenters. The first-order chi connectivity index (χ1) is 9.60. The lowest BCUT2D eigenvalue weighted by molar-refractivity contribution is -0.143. The third kappa shape index (κ3) is 3.69. The first kappa shape index (κ1) is 14.8. The molecule has 1 saturated heterocycles. The van der Waals surface area contributed by atoms with Crippen molar-refractivity contribution in [1.82, 2.24) is 9.88 Å². The summed E-state index contributed by atoms with van der Waals surface area (Å²) >= 11 is 1.52. The van der Waals surface area contributed by atoms with E-state index in [9.17, 15) is 9.59 Å². The Morgan fingerprint density at radius 3 is 3.00 bits per heavy atom. The van der Waals surface area contributed by atoms with Crippen LogP contribution in [0.1, 0.15) is 19.0 Å². The summed E-state index contributed by atoms with van der Waals surface area (Å²) in [7, 11) is 1.81. The highest BCUT2D eigenvalue weighted by molar-refractivity contribution is 7.13. The highest BCUT2D eigenvalue weighted by Gasteiger charge is 2.23. The van der Waals surface area contributed by atoms with Crippen LogP contribution in [0, 0.1) is 0 Å². The quantitative estimate of drug-likeness (QED) is 0.756. The van der Waals surface area contributed by atoms with E-state index in [4.69, 9.17) is 4.74 Å². The Balaban J connectivity index is 1.89. The van der Waals surface area contributed by atoms with Gasteiger partial charge in [-0.1, -0.05) is 0 Å². The van der Waals surface area contributed by atoms with Crippen molar-refractivity contribution in [3.05, 3.63) is 11.1 Å². The van der Waals surface area contributed by atoms with Crippen LogP contribution in [-0.2, 0) is 20.7 Å². The minimum absolute atomic E-state index is 0.111. The SMILES string of the molecule is CCOC(=O)CCc1csc(N2CCN(C)C(=O)C2)n1. The number of ether oxygens (including phenoxy) is 1. The lowest BCUT2D eigenvalue weighted by Crippen LogP contribution is -2.48. The summed E-state index contributed by atoms with van der Waals surface area (Å²) in [4.78, 5) is 31.2. The molecule has 2 rings (SSSR count). The van der Waals surface area contributed by atoms with Crippen LogP contribution in [0.4, 0.5) is 5.13 Å². The maximum atomic E-state index is 11.7. The fourth-order valence-electron chi connectivity index (χ4n) is 1.94. The van der Waals surface area contributed by atoms with Crippen molar-refractivity contribution >= 4 is 28.3 Å². The van der Waals surface area contributed by atoms with Gasteiger partial charge in [-0.2, -0.15) is 0 Å². The van der Waals surface area contributed by atoms with Gasteiger partial charge in [0.15, 0.2) is 5.13 Å². The molecule has 20 heavy (non-hydrogen) atoms. The highest BCUT2D eigenvalue weighted by atomic mass is 32.1. The third-order valence-corrected chi connectivity index (χ3v) is 4.11. The summed E-state index contributed by atoms with van der Waals surface area (Å²) in [6, 6.07) is 0. The van der Waals surface area contributed by atoms with Gasteiger partial charge in [-0.3, -0.25) is 9.59 Å². The van der Waals surface area contributed by atoms with Crippen LogP contribution in [0.2, 0.25) is 0 Å². The van der Waals surface area contributed by atoms with Gasteiger partial charge in [-0.05, 0) is 6.92 Å². The zero-order valence-electron chi connectivity index (χ0n) is 11.8. The van der Waals surface area contributed by atoms with Crippen molar-refractivity contribution in [3.63, 3.8) is 0 Å². The molecule has 1 aromatic rings. The van der Waals surface area contributed by atoms with Crippen LogP contribution in [-0.4, -0.2) is 55.0 Å². The number of carbonyl (C=O) groups is 2. The maximum absolute atomic E-state index is 11.7. The molecule has 1 aliphatic heterocycles. The van der Waals surface area contributed by atoms with Gasteiger partial charge in [0.25, 0.3) is 0 Å². The van der Waals surface area contributed by atoms with Crippen molar-refractivity contribution in [2.75, 3.05) is 38.2 Å².